The van der Waals surface area contributed by atoms with Gasteiger partial charge < -0.3 is 5.32 Å². The summed E-state index contributed by atoms with van der Waals surface area (Å²) >= 11 is 1.80. The maximum Gasteiger partial charge on any atom is 0.119 e. The summed E-state index contributed by atoms with van der Waals surface area (Å²) in [4.78, 5) is 8.98. The van der Waals surface area contributed by atoms with Crippen molar-refractivity contribution in [3.63, 3.8) is 0 Å². The second-order valence-electron chi connectivity index (χ2n) is 11.6. The topological polar surface area (TPSA) is 54.4 Å². The van der Waals surface area contributed by atoms with Gasteiger partial charge in [-0.15, -0.1) is 11.3 Å². The van der Waals surface area contributed by atoms with Crippen LogP contribution in [-0.2, 0) is 15.7 Å². The Bertz CT molecular complexity index is 967. The molecule has 2 aliphatic rings. The highest BCUT2D eigenvalue weighted by Crippen LogP contribution is 2.46. The van der Waals surface area contributed by atoms with Crippen molar-refractivity contribution in [1.29, 1.82) is 0 Å². The lowest BCUT2D eigenvalue weighted by molar-refractivity contribution is -0.306. The smallest absolute Gasteiger partial charge is 0.119 e. The molecule has 1 aliphatic carbocycles. The maximum atomic E-state index is 7.90. The fourth-order valence-corrected chi connectivity index (χ4v) is 5.38. The van der Waals surface area contributed by atoms with Gasteiger partial charge in [-0.3, -0.25) is 5.26 Å². The summed E-state index contributed by atoms with van der Waals surface area (Å²) in [7, 11) is 0. The van der Waals surface area contributed by atoms with Crippen molar-refractivity contribution in [1.82, 2.24) is 10.3 Å². The first-order chi connectivity index (χ1) is 15.4. The molecule has 1 aliphatic heterocycles. The summed E-state index contributed by atoms with van der Waals surface area (Å²) in [6.07, 6.45) is 8.32. The lowest BCUT2D eigenvalue weighted by atomic mass is 9.63. The van der Waals surface area contributed by atoms with E-state index >= 15 is 0 Å². The summed E-state index contributed by atoms with van der Waals surface area (Å²) in [5.41, 5.74) is 7.00. The summed E-state index contributed by atoms with van der Waals surface area (Å²) < 4.78 is 0. The molecule has 2 aromatic rings. The minimum absolute atomic E-state index is 0.245. The zero-order chi connectivity index (χ0) is 24.3. The molecule has 182 valence electrons. The predicted octanol–water partition coefficient (Wildman–Crippen LogP) is 7.59. The minimum Gasteiger partial charge on any atom is -0.316 e. The quantitative estimate of drug-likeness (QED) is 0.351. The van der Waals surface area contributed by atoms with E-state index in [9.17, 15) is 0 Å². The predicted molar refractivity (Wildman–Crippen MR) is 141 cm³/mol. The highest BCUT2D eigenvalue weighted by Gasteiger charge is 2.37. The van der Waals surface area contributed by atoms with Crippen molar-refractivity contribution in [3.8, 4) is 11.3 Å². The van der Waals surface area contributed by atoms with E-state index in [0.29, 0.717) is 0 Å². The molecule has 2 heterocycles. The van der Waals surface area contributed by atoms with Crippen molar-refractivity contribution < 1.29 is 10.1 Å². The van der Waals surface area contributed by atoms with Gasteiger partial charge in [-0.1, -0.05) is 45.9 Å². The average Bonchev–Trinajstić information content (AvgIpc) is 3.21. The maximum absolute atomic E-state index is 7.90. The Morgan fingerprint density at radius 1 is 1.03 bits per heavy atom. The van der Waals surface area contributed by atoms with E-state index in [1.807, 2.05) is 0 Å². The van der Waals surface area contributed by atoms with Gasteiger partial charge in [0.1, 0.15) is 5.01 Å². The van der Waals surface area contributed by atoms with Crippen molar-refractivity contribution in [2.75, 3.05) is 13.1 Å². The molecule has 0 bridgehead atoms. The first-order valence-electron chi connectivity index (χ1n) is 12.3. The molecular formula is C28H42N2O2S. The van der Waals surface area contributed by atoms with Crippen LogP contribution < -0.4 is 5.32 Å². The molecule has 0 unspecified atom stereocenters. The van der Waals surface area contributed by atoms with Crippen LogP contribution in [0.1, 0.15) is 96.7 Å². The fourth-order valence-electron chi connectivity index (χ4n) is 4.48. The van der Waals surface area contributed by atoms with E-state index in [1.165, 1.54) is 46.5 Å². The Kier molecular flexibility index (Phi) is 8.21. The van der Waals surface area contributed by atoms with Gasteiger partial charge in [-0.25, -0.2) is 9.87 Å². The third kappa shape index (κ3) is 6.75. The SMILES string of the molecule is CC(C)(C)OO.CC1(C)CCC(C)(C)c2cc(-c3csc(/C4=C\CCNCCC4)n3)ccc21. The third-order valence-electron chi connectivity index (χ3n) is 6.71. The number of rotatable bonds is 2. The Hall–Kier alpha value is -1.53. The zero-order valence-corrected chi connectivity index (χ0v) is 22.4. The number of benzene rings is 1. The minimum atomic E-state index is -0.403. The Balaban J connectivity index is 0.000000454. The van der Waals surface area contributed by atoms with E-state index in [1.54, 1.807) is 32.1 Å². The number of hydrogen-bond donors (Lipinski definition) is 2. The molecule has 0 amide bonds. The first kappa shape index (κ1) is 26.1. The molecule has 4 nitrogen and oxygen atoms in total. The second-order valence-corrected chi connectivity index (χ2v) is 12.5. The largest absolute Gasteiger partial charge is 0.316 e. The molecule has 4 rings (SSSR count). The number of allylic oxidation sites excluding steroid dienone is 1. The summed E-state index contributed by atoms with van der Waals surface area (Å²) in [6.45, 7) is 17.1. The molecule has 5 heteroatoms. The van der Waals surface area contributed by atoms with Gasteiger partial charge in [0.05, 0.1) is 11.3 Å². The third-order valence-corrected chi connectivity index (χ3v) is 7.63. The molecule has 0 radical (unpaired) electrons. The molecule has 1 aromatic carbocycles. The molecule has 0 atom stereocenters. The fraction of sp³-hybridized carbons (Fsp3) is 0.607. The van der Waals surface area contributed by atoms with Crippen LogP contribution in [-0.4, -0.2) is 28.9 Å². The van der Waals surface area contributed by atoms with E-state index < -0.39 is 5.60 Å². The van der Waals surface area contributed by atoms with Crippen molar-refractivity contribution in [2.45, 2.75) is 97.0 Å². The molecule has 2 N–H and O–H groups in total. The summed E-state index contributed by atoms with van der Waals surface area (Å²) in [6, 6.07) is 7.08. The van der Waals surface area contributed by atoms with Crippen molar-refractivity contribution in [2.24, 2.45) is 0 Å². The van der Waals surface area contributed by atoms with E-state index in [2.05, 4.69) is 67.6 Å². The molecule has 33 heavy (non-hydrogen) atoms. The van der Waals surface area contributed by atoms with Crippen molar-refractivity contribution >= 4 is 16.9 Å². The van der Waals surface area contributed by atoms with E-state index in [0.717, 1.165) is 31.6 Å². The van der Waals surface area contributed by atoms with Gasteiger partial charge in [-0.2, -0.15) is 0 Å². The Labute approximate surface area is 204 Å². The van der Waals surface area contributed by atoms with Gasteiger partial charge in [0.2, 0.25) is 0 Å². The van der Waals surface area contributed by atoms with Gasteiger partial charge >= 0.3 is 0 Å². The van der Waals surface area contributed by atoms with Gasteiger partial charge in [0, 0.05) is 10.9 Å². The van der Waals surface area contributed by atoms with E-state index in [-0.39, 0.29) is 10.8 Å². The Morgan fingerprint density at radius 3 is 2.36 bits per heavy atom. The van der Waals surface area contributed by atoms with Crippen LogP contribution in [0.3, 0.4) is 0 Å². The molecule has 0 fully saturated rings. The van der Waals surface area contributed by atoms with E-state index in [4.69, 9.17) is 10.2 Å². The lowest BCUT2D eigenvalue weighted by Gasteiger charge is -2.42. The van der Waals surface area contributed by atoms with Crippen LogP contribution in [0.15, 0.2) is 29.7 Å². The first-order valence-corrected chi connectivity index (χ1v) is 13.1. The normalized spacial score (nSPS) is 21.5. The molecule has 0 spiro atoms. The zero-order valence-electron chi connectivity index (χ0n) is 21.5. The van der Waals surface area contributed by atoms with Crippen LogP contribution in [0, 0.1) is 0 Å². The number of nitrogens with zero attached hydrogens (tertiary/aromatic N) is 1. The highest BCUT2D eigenvalue weighted by molar-refractivity contribution is 7.11. The number of fused-ring (bicyclic) bond motifs is 1. The van der Waals surface area contributed by atoms with Gasteiger partial charge in [-0.05, 0) is 99.6 Å². The number of thiazole rings is 1. The van der Waals surface area contributed by atoms with Gasteiger partial charge in [0.15, 0.2) is 0 Å². The Morgan fingerprint density at radius 2 is 1.70 bits per heavy atom. The molecular weight excluding hydrogens is 428 g/mol. The average molecular weight is 471 g/mol. The van der Waals surface area contributed by atoms with Gasteiger partial charge in [0.25, 0.3) is 0 Å². The van der Waals surface area contributed by atoms with Crippen LogP contribution in [0.25, 0.3) is 16.8 Å². The van der Waals surface area contributed by atoms with Crippen molar-refractivity contribution in [3.05, 3.63) is 45.8 Å². The number of nitrogens with one attached hydrogen (secondary N) is 1. The standard InChI is InChI=1S/C24H32N2S.C4H10O2/c1-23(2)11-12-24(3,4)20-15-18(9-10-19(20)23)21-16-27-22(26-21)17-7-5-13-25-14-6-8-17;1-4(2,3)6-5/h7,9-10,15-16,25H,5-6,8,11-14H2,1-4H3;5H,1-3H3/b17-7-;. The molecule has 0 saturated heterocycles. The molecule has 0 saturated carbocycles. The number of hydrogen-bond acceptors (Lipinski definition) is 5. The molecule has 1 aromatic heterocycles. The van der Waals surface area contributed by atoms with Crippen LogP contribution in [0.2, 0.25) is 0 Å². The monoisotopic (exact) mass is 470 g/mol. The van der Waals surface area contributed by atoms with Crippen LogP contribution in [0.5, 0.6) is 0 Å². The second kappa shape index (κ2) is 10.4. The lowest BCUT2D eigenvalue weighted by Crippen LogP contribution is -2.33. The van der Waals surface area contributed by atoms with Crippen LogP contribution in [0.4, 0.5) is 0 Å². The van der Waals surface area contributed by atoms with Crippen LogP contribution >= 0.6 is 11.3 Å². The highest BCUT2D eigenvalue weighted by atomic mass is 32.1. The summed E-state index contributed by atoms with van der Waals surface area (Å²) in [5, 5.41) is 14.8. The summed E-state index contributed by atoms with van der Waals surface area (Å²) in [5.74, 6) is 0. The number of aromatic nitrogens is 1.